The number of halogens is 2. The summed E-state index contributed by atoms with van der Waals surface area (Å²) in [5.74, 6) is -0.355. The van der Waals surface area contributed by atoms with Gasteiger partial charge in [-0.15, -0.1) is 0 Å². The van der Waals surface area contributed by atoms with E-state index in [0.29, 0.717) is 12.1 Å². The van der Waals surface area contributed by atoms with E-state index in [-0.39, 0.29) is 10.8 Å². The maximum absolute atomic E-state index is 13.2. The first-order valence-corrected chi connectivity index (χ1v) is 6.44. The summed E-state index contributed by atoms with van der Waals surface area (Å²) in [6, 6.07) is 5.87. The molecule has 94 valence electrons. The van der Waals surface area contributed by atoms with Crippen LogP contribution >= 0.6 is 11.6 Å². The van der Waals surface area contributed by atoms with Gasteiger partial charge in [-0.2, -0.15) is 0 Å². The minimum atomic E-state index is -0.355. The molecule has 1 aromatic rings. The molecule has 0 bridgehead atoms. The van der Waals surface area contributed by atoms with Crippen LogP contribution in [0.25, 0.3) is 0 Å². The summed E-state index contributed by atoms with van der Waals surface area (Å²) in [4.78, 5) is 2.31. The monoisotopic (exact) mass is 256 g/mol. The van der Waals surface area contributed by atoms with E-state index in [9.17, 15) is 4.39 Å². The third kappa shape index (κ3) is 2.72. The van der Waals surface area contributed by atoms with Crippen LogP contribution in [0.1, 0.15) is 20.3 Å². The van der Waals surface area contributed by atoms with Gasteiger partial charge in [0.05, 0.1) is 5.02 Å². The highest BCUT2D eigenvalue weighted by molar-refractivity contribution is 6.31. The molecular weight excluding hydrogens is 239 g/mol. The van der Waals surface area contributed by atoms with E-state index in [1.54, 1.807) is 6.07 Å². The van der Waals surface area contributed by atoms with Gasteiger partial charge in [0.25, 0.3) is 0 Å². The number of piperazine rings is 1. The lowest BCUT2D eigenvalue weighted by Crippen LogP contribution is -2.55. The topological polar surface area (TPSA) is 15.3 Å². The predicted molar refractivity (Wildman–Crippen MR) is 70.3 cm³/mol. The first-order chi connectivity index (χ1) is 8.11. The van der Waals surface area contributed by atoms with Crippen molar-refractivity contribution in [2.75, 3.05) is 18.0 Å². The van der Waals surface area contributed by atoms with Crippen LogP contribution in [-0.2, 0) is 0 Å². The van der Waals surface area contributed by atoms with Crippen molar-refractivity contribution in [3.05, 3.63) is 29.0 Å². The van der Waals surface area contributed by atoms with Crippen LogP contribution in [0.15, 0.2) is 18.2 Å². The van der Waals surface area contributed by atoms with E-state index in [1.165, 1.54) is 6.07 Å². The maximum atomic E-state index is 13.2. The Bertz CT molecular complexity index is 397. The van der Waals surface area contributed by atoms with Crippen LogP contribution in [0.3, 0.4) is 0 Å². The third-order valence-corrected chi connectivity index (χ3v) is 3.61. The molecule has 4 heteroatoms. The fourth-order valence-corrected chi connectivity index (χ4v) is 2.48. The summed E-state index contributed by atoms with van der Waals surface area (Å²) >= 11 is 5.84. The molecule has 1 aliphatic rings. The Morgan fingerprint density at radius 3 is 2.94 bits per heavy atom. The van der Waals surface area contributed by atoms with Crippen LogP contribution < -0.4 is 10.2 Å². The van der Waals surface area contributed by atoms with Crippen LogP contribution in [0.5, 0.6) is 0 Å². The highest BCUT2D eigenvalue weighted by Crippen LogP contribution is 2.26. The van der Waals surface area contributed by atoms with Crippen LogP contribution in [0.2, 0.25) is 5.02 Å². The van der Waals surface area contributed by atoms with Crippen molar-refractivity contribution >= 4 is 17.3 Å². The molecule has 0 aromatic heterocycles. The van der Waals surface area contributed by atoms with Gasteiger partial charge in [-0.05, 0) is 31.5 Å². The summed E-state index contributed by atoms with van der Waals surface area (Å²) < 4.78 is 13.2. The number of anilines is 1. The minimum Gasteiger partial charge on any atom is -0.366 e. The molecule has 1 fully saturated rings. The van der Waals surface area contributed by atoms with E-state index in [1.807, 2.05) is 6.07 Å². The lowest BCUT2D eigenvalue weighted by molar-refractivity contribution is 0.402. The molecule has 1 N–H and O–H groups in total. The summed E-state index contributed by atoms with van der Waals surface area (Å²) in [6.45, 7) is 6.22. The predicted octanol–water partition coefficient (Wildman–Crippen LogP) is 3.06. The quantitative estimate of drug-likeness (QED) is 0.875. The van der Waals surface area contributed by atoms with Crippen LogP contribution in [0.4, 0.5) is 10.1 Å². The fourth-order valence-electron chi connectivity index (χ4n) is 2.30. The Hall–Kier alpha value is -0.800. The molecule has 2 rings (SSSR count). The standard InChI is InChI=1S/C13H18ClFN2/c1-3-10-7-16-9(2)8-17(10)11-4-5-13(15)12(14)6-11/h4-6,9-10,16H,3,7-8H2,1-2H3. The van der Waals surface area contributed by atoms with Gasteiger partial charge < -0.3 is 10.2 Å². The Labute approximate surface area is 107 Å². The number of rotatable bonds is 2. The van der Waals surface area contributed by atoms with Gasteiger partial charge >= 0.3 is 0 Å². The van der Waals surface area contributed by atoms with Gasteiger partial charge in [0, 0.05) is 30.9 Å². The van der Waals surface area contributed by atoms with Gasteiger partial charge in [0.1, 0.15) is 5.82 Å². The average Bonchev–Trinajstić information content (AvgIpc) is 2.32. The van der Waals surface area contributed by atoms with E-state index >= 15 is 0 Å². The summed E-state index contributed by atoms with van der Waals surface area (Å²) in [5, 5.41) is 3.66. The van der Waals surface area contributed by atoms with Gasteiger partial charge in [0.15, 0.2) is 0 Å². The van der Waals surface area contributed by atoms with Crippen molar-refractivity contribution in [2.24, 2.45) is 0 Å². The molecule has 0 amide bonds. The summed E-state index contributed by atoms with van der Waals surface area (Å²) in [6.07, 6.45) is 1.06. The second-order valence-electron chi connectivity index (χ2n) is 4.62. The van der Waals surface area contributed by atoms with Crippen molar-refractivity contribution in [1.82, 2.24) is 5.32 Å². The Balaban J connectivity index is 2.25. The highest BCUT2D eigenvalue weighted by atomic mass is 35.5. The number of nitrogens with zero attached hydrogens (tertiary/aromatic N) is 1. The van der Waals surface area contributed by atoms with Gasteiger partial charge in [-0.3, -0.25) is 0 Å². The second-order valence-corrected chi connectivity index (χ2v) is 5.03. The Kier molecular flexibility index (Phi) is 3.89. The lowest BCUT2D eigenvalue weighted by Gasteiger charge is -2.40. The molecule has 2 unspecified atom stereocenters. The number of hydrogen-bond acceptors (Lipinski definition) is 2. The first-order valence-electron chi connectivity index (χ1n) is 6.07. The van der Waals surface area contributed by atoms with Gasteiger partial charge in [-0.25, -0.2) is 4.39 Å². The number of nitrogens with one attached hydrogen (secondary N) is 1. The summed E-state index contributed by atoms with van der Waals surface area (Å²) in [7, 11) is 0. The van der Waals surface area contributed by atoms with Crippen LogP contribution in [0, 0.1) is 5.82 Å². The number of hydrogen-bond donors (Lipinski definition) is 1. The SMILES string of the molecule is CCC1CNC(C)CN1c1ccc(F)c(Cl)c1. The highest BCUT2D eigenvalue weighted by Gasteiger charge is 2.24. The zero-order valence-electron chi connectivity index (χ0n) is 10.2. The maximum Gasteiger partial charge on any atom is 0.141 e. The van der Waals surface area contributed by atoms with E-state index in [4.69, 9.17) is 11.6 Å². The molecule has 0 spiro atoms. The van der Waals surface area contributed by atoms with Gasteiger partial charge in [0.2, 0.25) is 0 Å². The van der Waals surface area contributed by atoms with E-state index < -0.39 is 0 Å². The normalized spacial score (nSPS) is 25.1. The number of benzene rings is 1. The summed E-state index contributed by atoms with van der Waals surface area (Å²) in [5.41, 5.74) is 1.01. The van der Waals surface area contributed by atoms with Crippen molar-refractivity contribution in [2.45, 2.75) is 32.4 Å². The van der Waals surface area contributed by atoms with Gasteiger partial charge in [-0.1, -0.05) is 18.5 Å². The molecule has 2 nitrogen and oxygen atoms in total. The third-order valence-electron chi connectivity index (χ3n) is 3.32. The minimum absolute atomic E-state index is 0.198. The van der Waals surface area contributed by atoms with Crippen molar-refractivity contribution in [1.29, 1.82) is 0 Å². The molecule has 1 aromatic carbocycles. The molecule has 0 saturated carbocycles. The fraction of sp³-hybridized carbons (Fsp3) is 0.538. The van der Waals surface area contributed by atoms with Crippen molar-refractivity contribution < 1.29 is 4.39 Å². The van der Waals surface area contributed by atoms with Crippen molar-refractivity contribution in [3.8, 4) is 0 Å². The molecule has 1 heterocycles. The second kappa shape index (κ2) is 5.23. The Morgan fingerprint density at radius 2 is 2.29 bits per heavy atom. The zero-order valence-corrected chi connectivity index (χ0v) is 11.0. The molecule has 1 saturated heterocycles. The molecule has 1 aliphatic heterocycles. The van der Waals surface area contributed by atoms with Crippen LogP contribution in [-0.4, -0.2) is 25.2 Å². The largest absolute Gasteiger partial charge is 0.366 e. The first kappa shape index (κ1) is 12.7. The van der Waals surface area contributed by atoms with Crippen molar-refractivity contribution in [3.63, 3.8) is 0 Å². The average molecular weight is 257 g/mol. The molecule has 0 radical (unpaired) electrons. The van der Waals surface area contributed by atoms with E-state index in [0.717, 1.165) is 25.2 Å². The zero-order chi connectivity index (χ0) is 12.4. The smallest absolute Gasteiger partial charge is 0.141 e. The molecular formula is C13H18ClFN2. The van der Waals surface area contributed by atoms with E-state index in [2.05, 4.69) is 24.1 Å². The molecule has 17 heavy (non-hydrogen) atoms. The molecule has 0 aliphatic carbocycles. The lowest BCUT2D eigenvalue weighted by atomic mass is 10.1. The Morgan fingerprint density at radius 1 is 1.53 bits per heavy atom. The molecule has 2 atom stereocenters.